The zero-order chi connectivity index (χ0) is 16.2. The van der Waals surface area contributed by atoms with Gasteiger partial charge in [-0.1, -0.05) is 0 Å². The van der Waals surface area contributed by atoms with E-state index in [1.54, 1.807) is 12.4 Å². The number of ether oxygens (including phenoxy) is 1. The van der Waals surface area contributed by atoms with Crippen molar-refractivity contribution in [2.24, 2.45) is 0 Å². The molecule has 2 aliphatic heterocycles. The van der Waals surface area contributed by atoms with Gasteiger partial charge >= 0.3 is 0 Å². The van der Waals surface area contributed by atoms with Gasteiger partial charge in [0.25, 0.3) is 5.91 Å². The summed E-state index contributed by atoms with van der Waals surface area (Å²) in [6.45, 7) is 9.72. The summed E-state index contributed by atoms with van der Waals surface area (Å²) in [6.07, 6.45) is 3.80. The molecule has 0 spiro atoms. The molecule has 126 valence electrons. The summed E-state index contributed by atoms with van der Waals surface area (Å²) in [7, 11) is 0. The lowest BCUT2D eigenvalue weighted by atomic mass is 10.2. The number of hydrogen-bond acceptors (Lipinski definition) is 5. The lowest BCUT2D eigenvalue weighted by molar-refractivity contribution is -0.892. The van der Waals surface area contributed by atoms with Crippen molar-refractivity contribution >= 4 is 11.9 Å². The fraction of sp³-hybridized carbons (Fsp3) is 0.688. The van der Waals surface area contributed by atoms with Crippen LogP contribution in [0.1, 0.15) is 13.8 Å². The van der Waals surface area contributed by atoms with Crippen LogP contribution in [0.15, 0.2) is 18.5 Å². The third-order valence-electron chi connectivity index (χ3n) is 4.48. The Morgan fingerprint density at radius 3 is 2.43 bits per heavy atom. The quantitative estimate of drug-likeness (QED) is 0.759. The van der Waals surface area contributed by atoms with Gasteiger partial charge in [-0.25, -0.2) is 9.97 Å². The first-order valence-electron chi connectivity index (χ1n) is 8.40. The number of hydrogen-bond donors (Lipinski definition) is 1. The fourth-order valence-electron chi connectivity index (χ4n) is 3.36. The van der Waals surface area contributed by atoms with Gasteiger partial charge in [0.2, 0.25) is 5.95 Å². The molecule has 3 rings (SSSR count). The van der Waals surface area contributed by atoms with Crippen molar-refractivity contribution < 1.29 is 14.4 Å². The molecule has 0 bridgehead atoms. The molecule has 0 aliphatic carbocycles. The molecule has 7 nitrogen and oxygen atoms in total. The van der Waals surface area contributed by atoms with Crippen molar-refractivity contribution in [2.75, 3.05) is 50.7 Å². The minimum absolute atomic E-state index is 0.129. The maximum atomic E-state index is 12.5. The molecule has 1 amide bonds. The topological polar surface area (TPSA) is 63.0 Å². The van der Waals surface area contributed by atoms with Gasteiger partial charge in [-0.15, -0.1) is 0 Å². The summed E-state index contributed by atoms with van der Waals surface area (Å²) >= 11 is 0. The third-order valence-corrected chi connectivity index (χ3v) is 4.48. The second-order valence-electron chi connectivity index (χ2n) is 6.52. The molecule has 2 aliphatic rings. The Labute approximate surface area is 137 Å². The fourth-order valence-corrected chi connectivity index (χ4v) is 3.36. The molecule has 2 saturated heterocycles. The first kappa shape index (κ1) is 16.1. The average molecular weight is 320 g/mol. The van der Waals surface area contributed by atoms with E-state index in [-0.39, 0.29) is 18.1 Å². The van der Waals surface area contributed by atoms with Gasteiger partial charge in [-0.3, -0.25) is 4.79 Å². The van der Waals surface area contributed by atoms with E-state index in [0.29, 0.717) is 19.6 Å². The number of morpholine rings is 1. The first-order chi connectivity index (χ1) is 11.1. The van der Waals surface area contributed by atoms with E-state index in [4.69, 9.17) is 4.74 Å². The largest absolute Gasteiger partial charge is 0.372 e. The summed E-state index contributed by atoms with van der Waals surface area (Å²) in [5.74, 6) is 1.03. The van der Waals surface area contributed by atoms with Crippen LogP contribution in [0.25, 0.3) is 0 Å². The molecule has 2 atom stereocenters. The Morgan fingerprint density at radius 2 is 1.83 bits per heavy atom. The van der Waals surface area contributed by atoms with E-state index in [2.05, 4.69) is 14.9 Å². The van der Waals surface area contributed by atoms with E-state index in [0.717, 1.165) is 32.1 Å². The number of carbonyl (C=O) groups excluding carboxylic acids is 1. The molecule has 1 aromatic rings. The molecule has 23 heavy (non-hydrogen) atoms. The lowest BCUT2D eigenvalue weighted by Crippen LogP contribution is -3.16. The van der Waals surface area contributed by atoms with E-state index in [1.165, 1.54) is 4.90 Å². The number of carbonyl (C=O) groups is 1. The Kier molecular flexibility index (Phi) is 5.07. The molecular formula is C16H26N5O2+. The highest BCUT2D eigenvalue weighted by Gasteiger charge is 2.29. The van der Waals surface area contributed by atoms with Crippen LogP contribution >= 0.6 is 0 Å². The van der Waals surface area contributed by atoms with E-state index in [9.17, 15) is 4.79 Å². The van der Waals surface area contributed by atoms with E-state index >= 15 is 0 Å². The van der Waals surface area contributed by atoms with E-state index < -0.39 is 0 Å². The predicted molar refractivity (Wildman–Crippen MR) is 86.4 cm³/mol. The Hall–Kier alpha value is -1.73. The molecular weight excluding hydrogens is 294 g/mol. The molecule has 1 N–H and O–H groups in total. The highest BCUT2D eigenvalue weighted by atomic mass is 16.5. The van der Waals surface area contributed by atoms with Crippen LogP contribution in [0.4, 0.5) is 5.95 Å². The van der Waals surface area contributed by atoms with Gasteiger partial charge in [-0.05, 0) is 19.9 Å². The van der Waals surface area contributed by atoms with Crippen molar-refractivity contribution in [2.45, 2.75) is 26.1 Å². The molecule has 1 aromatic heterocycles. The number of piperazine rings is 1. The van der Waals surface area contributed by atoms with Crippen molar-refractivity contribution in [1.82, 2.24) is 14.9 Å². The Morgan fingerprint density at radius 1 is 1.22 bits per heavy atom. The molecule has 0 saturated carbocycles. The number of quaternary nitrogens is 1. The third kappa shape index (κ3) is 4.17. The minimum atomic E-state index is 0.129. The number of nitrogens with zero attached hydrogens (tertiary/aromatic N) is 4. The van der Waals surface area contributed by atoms with Crippen LogP contribution in [0.2, 0.25) is 0 Å². The van der Waals surface area contributed by atoms with Crippen LogP contribution in [-0.2, 0) is 9.53 Å². The van der Waals surface area contributed by atoms with Crippen molar-refractivity contribution in [3.63, 3.8) is 0 Å². The van der Waals surface area contributed by atoms with Crippen LogP contribution in [0.5, 0.6) is 0 Å². The number of amides is 1. The van der Waals surface area contributed by atoms with Gasteiger partial charge in [-0.2, -0.15) is 0 Å². The first-order valence-corrected chi connectivity index (χ1v) is 8.40. The lowest BCUT2D eigenvalue weighted by Gasteiger charge is -2.37. The molecule has 0 radical (unpaired) electrons. The Balaban J connectivity index is 1.48. The van der Waals surface area contributed by atoms with Crippen molar-refractivity contribution in [1.29, 1.82) is 0 Å². The summed E-state index contributed by atoms with van der Waals surface area (Å²) < 4.78 is 5.70. The summed E-state index contributed by atoms with van der Waals surface area (Å²) in [5.41, 5.74) is 0. The number of aromatic nitrogens is 2. The van der Waals surface area contributed by atoms with E-state index in [1.807, 2.05) is 24.8 Å². The van der Waals surface area contributed by atoms with Gasteiger partial charge in [0, 0.05) is 25.5 Å². The SMILES string of the molecule is C[C@H]1CN(C(=O)C[NH+]2CCN(c3ncccn3)CC2)C[C@H](C)O1. The maximum Gasteiger partial charge on any atom is 0.277 e. The van der Waals surface area contributed by atoms with Crippen molar-refractivity contribution in [3.8, 4) is 0 Å². The molecule has 3 heterocycles. The highest BCUT2D eigenvalue weighted by Crippen LogP contribution is 2.10. The summed E-state index contributed by atoms with van der Waals surface area (Å²) in [4.78, 5) is 26.6. The highest BCUT2D eigenvalue weighted by molar-refractivity contribution is 5.77. The molecule has 2 fully saturated rings. The van der Waals surface area contributed by atoms with Crippen LogP contribution < -0.4 is 9.80 Å². The minimum Gasteiger partial charge on any atom is -0.372 e. The molecule has 0 unspecified atom stereocenters. The Bertz CT molecular complexity index is 508. The zero-order valence-corrected chi connectivity index (χ0v) is 13.9. The summed E-state index contributed by atoms with van der Waals surface area (Å²) in [5, 5.41) is 0. The number of nitrogens with one attached hydrogen (secondary N) is 1. The monoisotopic (exact) mass is 320 g/mol. The molecule has 7 heteroatoms. The normalized spacial score (nSPS) is 26.3. The zero-order valence-electron chi connectivity index (χ0n) is 13.9. The standard InChI is InChI=1S/C16H25N5O2/c1-13-10-21(11-14(2)23-13)15(22)12-19-6-8-20(9-7-19)16-17-4-3-5-18-16/h3-5,13-14H,6-12H2,1-2H3/p+1/t13-,14-/m0/s1. The van der Waals surface area contributed by atoms with Crippen LogP contribution in [0, 0.1) is 0 Å². The smallest absolute Gasteiger partial charge is 0.277 e. The van der Waals surface area contributed by atoms with Gasteiger partial charge in [0.1, 0.15) is 0 Å². The van der Waals surface area contributed by atoms with Gasteiger partial charge in [0.05, 0.1) is 38.4 Å². The maximum absolute atomic E-state index is 12.5. The predicted octanol–water partition coefficient (Wildman–Crippen LogP) is -1.18. The van der Waals surface area contributed by atoms with Gasteiger partial charge < -0.3 is 19.4 Å². The van der Waals surface area contributed by atoms with Crippen molar-refractivity contribution in [3.05, 3.63) is 18.5 Å². The average Bonchev–Trinajstić information content (AvgIpc) is 2.55. The molecule has 0 aromatic carbocycles. The summed E-state index contributed by atoms with van der Waals surface area (Å²) in [6, 6.07) is 1.83. The van der Waals surface area contributed by atoms with Gasteiger partial charge in [0.15, 0.2) is 6.54 Å². The number of anilines is 1. The second-order valence-corrected chi connectivity index (χ2v) is 6.52. The second kappa shape index (κ2) is 7.23. The number of rotatable bonds is 3. The van der Waals surface area contributed by atoms with Crippen LogP contribution in [0.3, 0.4) is 0 Å². The van der Waals surface area contributed by atoms with Crippen LogP contribution in [-0.4, -0.2) is 78.8 Å².